The van der Waals surface area contributed by atoms with Crippen molar-refractivity contribution < 1.29 is 9.90 Å². The van der Waals surface area contributed by atoms with Gasteiger partial charge < -0.3 is 20.7 Å². The number of aliphatic hydroxyl groups is 1. The molecule has 0 aliphatic heterocycles. The molecule has 0 bridgehead atoms. The summed E-state index contributed by atoms with van der Waals surface area (Å²) in [6.07, 6.45) is 3.12. The van der Waals surface area contributed by atoms with Crippen LogP contribution in [0.3, 0.4) is 0 Å². The summed E-state index contributed by atoms with van der Waals surface area (Å²) >= 11 is 11.8. The molecule has 3 rings (SSSR count). The number of pyridine rings is 1. The monoisotopic (exact) mass is 464 g/mol. The topological polar surface area (TPSA) is 90.0 Å². The summed E-state index contributed by atoms with van der Waals surface area (Å²) in [6.45, 7) is 1.69. The zero-order chi connectivity index (χ0) is 23.7. The summed E-state index contributed by atoms with van der Waals surface area (Å²) in [5.41, 5.74) is -0.176. The Bertz CT molecular complexity index is 1020. The number of aliphatic hydroxyl groups excluding tert-OH is 1. The Hall–Kier alpha value is -2.35. The van der Waals surface area contributed by atoms with E-state index in [1.54, 1.807) is 25.3 Å². The fourth-order valence-electron chi connectivity index (χ4n) is 2.45. The Morgan fingerprint density at radius 1 is 1.25 bits per heavy atom. The first-order valence-corrected chi connectivity index (χ1v) is 10.4. The molecule has 6 radical (unpaired) electrons. The van der Waals surface area contributed by atoms with Gasteiger partial charge in [0, 0.05) is 35.1 Å². The number of carbonyl (C=O) groups is 1. The summed E-state index contributed by atoms with van der Waals surface area (Å²) in [6, 6.07) is 12.8. The quantitative estimate of drug-likeness (QED) is 0.404. The molecule has 4 N–H and O–H groups in total. The minimum absolute atomic E-state index is 0.133. The van der Waals surface area contributed by atoms with E-state index in [0.717, 1.165) is 5.02 Å². The van der Waals surface area contributed by atoms with Gasteiger partial charge in [0.15, 0.2) is 0 Å². The molecular weight excluding hydrogens is 444 g/mol. The second kappa shape index (κ2) is 12.0. The molecule has 0 spiro atoms. The van der Waals surface area contributed by atoms with Gasteiger partial charge in [-0.2, -0.15) is 0 Å². The normalized spacial score (nSPS) is 12.4. The second-order valence-corrected chi connectivity index (χ2v) is 7.90. The highest BCUT2D eigenvalue weighted by Gasteiger charge is 2.21. The lowest BCUT2D eigenvalue weighted by atomic mass is 9.52. The van der Waals surface area contributed by atoms with E-state index in [-0.39, 0.29) is 19.1 Å². The van der Waals surface area contributed by atoms with Gasteiger partial charge in [0.2, 0.25) is 0 Å². The van der Waals surface area contributed by atoms with E-state index >= 15 is 0 Å². The fraction of sp³-hybridized carbons (Fsp3) is 0.238. The molecule has 2 heterocycles. The lowest BCUT2D eigenvalue weighted by Crippen LogP contribution is -2.40. The summed E-state index contributed by atoms with van der Waals surface area (Å²) in [5.74, 6) is 0.116. The lowest BCUT2D eigenvalue weighted by Gasteiger charge is -2.32. The van der Waals surface area contributed by atoms with Gasteiger partial charge >= 0.3 is 0 Å². The van der Waals surface area contributed by atoms with Crippen molar-refractivity contribution in [2.75, 3.05) is 18.5 Å². The highest BCUT2D eigenvalue weighted by molar-refractivity contribution is 6.41. The SMILES string of the molecule is Clc1ccccc1.[B]C([B])C([B])(C)Nc1cc(-c2c[nH]c(C(=O)NCCO)c2)c(Cl)cn1. The molecule has 160 valence electrons. The molecule has 11 heteroatoms. The van der Waals surface area contributed by atoms with E-state index < -0.39 is 11.2 Å². The van der Waals surface area contributed by atoms with E-state index in [4.69, 9.17) is 51.8 Å². The third-order valence-corrected chi connectivity index (χ3v) is 4.87. The van der Waals surface area contributed by atoms with Crippen LogP contribution in [0.4, 0.5) is 5.82 Å². The van der Waals surface area contributed by atoms with Crippen LogP contribution in [0.15, 0.2) is 54.9 Å². The van der Waals surface area contributed by atoms with E-state index in [0.29, 0.717) is 27.7 Å². The predicted octanol–water partition coefficient (Wildman–Crippen LogP) is 3.17. The van der Waals surface area contributed by atoms with Crippen molar-refractivity contribution in [3.05, 3.63) is 70.6 Å². The van der Waals surface area contributed by atoms with Crippen molar-refractivity contribution in [3.8, 4) is 11.1 Å². The third-order valence-electron chi connectivity index (χ3n) is 4.31. The molecule has 6 nitrogen and oxygen atoms in total. The average Bonchev–Trinajstić information content (AvgIpc) is 3.24. The van der Waals surface area contributed by atoms with Crippen LogP contribution < -0.4 is 10.6 Å². The summed E-state index contributed by atoms with van der Waals surface area (Å²) in [4.78, 5) is 18.9. The van der Waals surface area contributed by atoms with Crippen LogP contribution in [0.25, 0.3) is 11.1 Å². The van der Waals surface area contributed by atoms with Gasteiger partial charge in [0.05, 0.1) is 27.3 Å². The van der Waals surface area contributed by atoms with Crippen molar-refractivity contribution in [1.29, 1.82) is 0 Å². The number of carbonyl (C=O) groups excluding carboxylic acids is 1. The number of hydrogen-bond acceptors (Lipinski definition) is 4. The van der Waals surface area contributed by atoms with Crippen LogP contribution in [0.5, 0.6) is 0 Å². The molecule has 3 aromatic rings. The molecule has 0 aliphatic carbocycles. The zero-order valence-corrected chi connectivity index (χ0v) is 19.0. The minimum Gasteiger partial charge on any atom is -0.395 e. The Labute approximate surface area is 201 Å². The smallest absolute Gasteiger partial charge is 0.267 e. The standard InChI is InChI=1S/C15H16B3ClN4O2.C6H5Cl/c1-15(18,14(16)17)23-12-5-9(10(19)7-22-12)8-4-11(21-6-8)13(25)20-2-3-24;7-6-4-2-1-3-5-6/h4-7,14,21,24H,2-3H2,1H3,(H,20,25)(H,22,23);1-5H. The number of nitrogens with one attached hydrogen (secondary N) is 3. The van der Waals surface area contributed by atoms with Gasteiger partial charge in [0.1, 0.15) is 19.4 Å². The number of nitrogens with zero attached hydrogens (tertiary/aromatic N) is 1. The van der Waals surface area contributed by atoms with Gasteiger partial charge in [-0.1, -0.05) is 54.0 Å². The molecule has 1 amide bonds. The lowest BCUT2D eigenvalue weighted by molar-refractivity contribution is 0.0940. The number of aromatic amines is 1. The van der Waals surface area contributed by atoms with Gasteiger partial charge in [-0.25, -0.2) is 4.98 Å². The number of amides is 1. The average molecular weight is 465 g/mol. The molecule has 2 aromatic heterocycles. The maximum atomic E-state index is 11.9. The Kier molecular flexibility index (Phi) is 9.75. The van der Waals surface area contributed by atoms with Gasteiger partial charge in [0.25, 0.3) is 5.91 Å². The third kappa shape index (κ3) is 7.66. The maximum Gasteiger partial charge on any atom is 0.267 e. The first-order valence-electron chi connectivity index (χ1n) is 9.66. The minimum atomic E-state index is -1.06. The number of benzene rings is 1. The van der Waals surface area contributed by atoms with Crippen molar-refractivity contribution >= 4 is 58.5 Å². The van der Waals surface area contributed by atoms with E-state index in [1.165, 1.54) is 6.20 Å². The summed E-state index contributed by atoms with van der Waals surface area (Å²) < 4.78 is 0. The van der Waals surface area contributed by atoms with Gasteiger partial charge in [-0.15, -0.1) is 0 Å². The van der Waals surface area contributed by atoms with E-state index in [1.807, 2.05) is 30.3 Å². The molecule has 0 fully saturated rings. The second-order valence-electron chi connectivity index (χ2n) is 7.06. The molecule has 1 unspecified atom stereocenters. The molecule has 0 saturated heterocycles. The molecule has 0 saturated carbocycles. The number of anilines is 1. The summed E-state index contributed by atoms with van der Waals surface area (Å²) in [5, 5.41) is 15.5. The van der Waals surface area contributed by atoms with Crippen LogP contribution in [-0.2, 0) is 0 Å². The molecule has 0 aliphatic rings. The number of hydrogen-bond donors (Lipinski definition) is 4. The van der Waals surface area contributed by atoms with E-state index in [2.05, 4.69) is 20.6 Å². The van der Waals surface area contributed by atoms with Gasteiger partial charge in [-0.05, 0) is 29.7 Å². The highest BCUT2D eigenvalue weighted by atomic mass is 35.5. The fourth-order valence-corrected chi connectivity index (χ4v) is 2.81. The number of halogens is 2. The maximum absolute atomic E-state index is 11.9. The zero-order valence-electron chi connectivity index (χ0n) is 17.5. The van der Waals surface area contributed by atoms with Crippen LogP contribution in [-0.4, -0.2) is 63.1 Å². The van der Waals surface area contributed by atoms with Crippen molar-refractivity contribution in [2.24, 2.45) is 0 Å². The Morgan fingerprint density at radius 2 is 1.94 bits per heavy atom. The van der Waals surface area contributed by atoms with Crippen molar-refractivity contribution in [1.82, 2.24) is 15.3 Å². The number of rotatable bonds is 7. The highest BCUT2D eigenvalue weighted by Crippen LogP contribution is 2.31. The Morgan fingerprint density at radius 3 is 2.50 bits per heavy atom. The molecule has 32 heavy (non-hydrogen) atoms. The van der Waals surface area contributed by atoms with Gasteiger partial charge in [-0.3, -0.25) is 4.79 Å². The first kappa shape index (κ1) is 25.9. The van der Waals surface area contributed by atoms with Crippen molar-refractivity contribution in [3.63, 3.8) is 0 Å². The first-order chi connectivity index (χ1) is 15.1. The molecule has 1 atom stereocenters. The van der Waals surface area contributed by atoms with Crippen LogP contribution >= 0.6 is 23.2 Å². The van der Waals surface area contributed by atoms with Crippen LogP contribution in [0.1, 0.15) is 17.4 Å². The van der Waals surface area contributed by atoms with Crippen molar-refractivity contribution in [2.45, 2.75) is 18.1 Å². The van der Waals surface area contributed by atoms with E-state index in [9.17, 15) is 4.79 Å². The molecular formula is C21H21B3Cl2N4O2. The molecule has 1 aromatic carbocycles. The number of H-pyrrole nitrogens is 1. The van der Waals surface area contributed by atoms with Crippen LogP contribution in [0.2, 0.25) is 15.8 Å². The number of aromatic nitrogens is 2. The largest absolute Gasteiger partial charge is 0.395 e. The Balaban J connectivity index is 0.000000439. The van der Waals surface area contributed by atoms with Crippen LogP contribution in [0, 0.1) is 0 Å². The predicted molar refractivity (Wildman–Crippen MR) is 133 cm³/mol. The summed E-state index contributed by atoms with van der Waals surface area (Å²) in [7, 11) is 17.3.